The number of nitrogens with zero attached hydrogens (tertiary/aromatic N) is 1. The fourth-order valence-electron chi connectivity index (χ4n) is 2.34. The molecule has 1 aromatic heterocycles. The zero-order chi connectivity index (χ0) is 12.3. The van der Waals surface area contributed by atoms with Crippen LogP contribution in [0, 0.1) is 5.92 Å². The summed E-state index contributed by atoms with van der Waals surface area (Å²) in [5.41, 5.74) is 0. The monoisotopic (exact) mass is 300 g/mol. The molecule has 0 aliphatic carbocycles. The zero-order valence-electron chi connectivity index (χ0n) is 10.6. The van der Waals surface area contributed by atoms with Crippen LogP contribution in [0.4, 0.5) is 0 Å². The largest absolute Gasteiger partial charge is 0.467 e. The van der Waals surface area contributed by atoms with Gasteiger partial charge in [-0.1, -0.05) is 0 Å². The third kappa shape index (κ3) is 3.57. The van der Waals surface area contributed by atoms with E-state index in [1.54, 1.807) is 6.26 Å². The summed E-state index contributed by atoms with van der Waals surface area (Å²) in [7, 11) is 0. The van der Waals surface area contributed by atoms with Crippen molar-refractivity contribution in [3.05, 3.63) is 22.6 Å². The summed E-state index contributed by atoms with van der Waals surface area (Å²) < 4.78 is 6.42. The van der Waals surface area contributed by atoms with Crippen LogP contribution in [0.5, 0.6) is 0 Å². The number of halogens is 1. The minimum atomic E-state index is 0.680. The average Bonchev–Trinajstić information content (AvgIpc) is 2.89. The lowest BCUT2D eigenvalue weighted by molar-refractivity contribution is 0.263. The van der Waals surface area contributed by atoms with Crippen molar-refractivity contribution in [1.29, 1.82) is 0 Å². The molecule has 0 saturated carbocycles. The molecule has 1 atom stereocenters. The Morgan fingerprint density at radius 3 is 3.00 bits per heavy atom. The van der Waals surface area contributed by atoms with Crippen molar-refractivity contribution in [2.24, 2.45) is 5.92 Å². The molecule has 0 radical (unpaired) electrons. The van der Waals surface area contributed by atoms with E-state index in [0.29, 0.717) is 6.04 Å². The second kappa shape index (κ2) is 6.03. The summed E-state index contributed by atoms with van der Waals surface area (Å²) in [5, 5.41) is 3.48. The topological polar surface area (TPSA) is 28.4 Å². The van der Waals surface area contributed by atoms with Gasteiger partial charge in [0.25, 0.3) is 0 Å². The maximum atomic E-state index is 5.37. The minimum Gasteiger partial charge on any atom is -0.467 e. The number of likely N-dealkylation sites (tertiary alicyclic amines) is 1. The number of hydrogen-bond donors (Lipinski definition) is 1. The van der Waals surface area contributed by atoms with Gasteiger partial charge in [-0.15, -0.1) is 0 Å². The molecule has 96 valence electrons. The van der Waals surface area contributed by atoms with Gasteiger partial charge in [-0.25, -0.2) is 0 Å². The van der Waals surface area contributed by atoms with E-state index in [4.69, 9.17) is 4.42 Å². The first kappa shape index (κ1) is 13.1. The van der Waals surface area contributed by atoms with Gasteiger partial charge < -0.3 is 14.6 Å². The Balaban J connectivity index is 1.68. The Kier molecular flexibility index (Phi) is 4.65. The molecule has 1 N–H and O–H groups in total. The molecule has 1 aliphatic heterocycles. The molecule has 1 aromatic rings. The van der Waals surface area contributed by atoms with Gasteiger partial charge in [0.1, 0.15) is 5.76 Å². The normalized spacial score (nSPS) is 21.5. The number of furan rings is 1. The maximum Gasteiger partial charge on any atom is 0.131 e. The van der Waals surface area contributed by atoms with Gasteiger partial charge in [0.05, 0.1) is 17.3 Å². The summed E-state index contributed by atoms with van der Waals surface area (Å²) in [5.74, 6) is 1.77. The van der Waals surface area contributed by atoms with Crippen LogP contribution < -0.4 is 5.32 Å². The van der Waals surface area contributed by atoms with E-state index in [1.165, 1.54) is 19.5 Å². The van der Waals surface area contributed by atoms with E-state index in [0.717, 1.165) is 29.2 Å². The van der Waals surface area contributed by atoms with Crippen LogP contribution >= 0.6 is 15.9 Å². The average molecular weight is 301 g/mol. The van der Waals surface area contributed by atoms with E-state index >= 15 is 0 Å². The number of hydrogen-bond acceptors (Lipinski definition) is 3. The van der Waals surface area contributed by atoms with Crippen LogP contribution in [0.2, 0.25) is 0 Å². The third-order valence-corrected chi connectivity index (χ3v) is 4.16. The van der Waals surface area contributed by atoms with Gasteiger partial charge in [-0.2, -0.15) is 0 Å². The summed E-state index contributed by atoms with van der Waals surface area (Å²) in [6, 6.07) is 2.62. The molecular weight excluding hydrogens is 280 g/mol. The first-order chi connectivity index (χ1) is 8.16. The van der Waals surface area contributed by atoms with Gasteiger partial charge in [-0.05, 0) is 61.3 Å². The number of nitrogens with one attached hydrogen (secondary N) is 1. The summed E-state index contributed by atoms with van der Waals surface area (Å²) in [4.78, 5) is 2.55. The van der Waals surface area contributed by atoms with E-state index in [-0.39, 0.29) is 0 Å². The zero-order valence-corrected chi connectivity index (χ0v) is 12.2. The third-order valence-electron chi connectivity index (χ3n) is 3.46. The van der Waals surface area contributed by atoms with Crippen LogP contribution in [-0.2, 0) is 6.54 Å². The standard InChI is InChI=1S/C13H21BrN2O/c1-10(2)16-5-3-11(9-16)7-15-8-13-12(14)4-6-17-13/h4,6,10-11,15H,3,5,7-9H2,1-2H3. The second-order valence-electron chi connectivity index (χ2n) is 5.07. The van der Waals surface area contributed by atoms with Crippen LogP contribution in [0.3, 0.4) is 0 Å². The highest BCUT2D eigenvalue weighted by molar-refractivity contribution is 9.10. The highest BCUT2D eigenvalue weighted by Gasteiger charge is 2.23. The number of rotatable bonds is 5. The lowest BCUT2D eigenvalue weighted by Gasteiger charge is -2.20. The summed E-state index contributed by atoms with van der Waals surface area (Å²) in [6.45, 7) is 8.91. The van der Waals surface area contributed by atoms with Crippen molar-refractivity contribution in [3.63, 3.8) is 0 Å². The first-order valence-corrected chi connectivity index (χ1v) is 7.12. The quantitative estimate of drug-likeness (QED) is 0.906. The summed E-state index contributed by atoms with van der Waals surface area (Å²) in [6.07, 6.45) is 3.03. The fourth-order valence-corrected chi connectivity index (χ4v) is 2.68. The molecular formula is C13H21BrN2O. The second-order valence-corrected chi connectivity index (χ2v) is 5.92. The SMILES string of the molecule is CC(C)N1CCC(CNCc2occc2Br)C1. The predicted octanol–water partition coefficient (Wildman–Crippen LogP) is 2.86. The molecule has 1 unspecified atom stereocenters. The molecule has 3 nitrogen and oxygen atoms in total. The Bertz CT molecular complexity index is 351. The molecule has 2 rings (SSSR count). The highest BCUT2D eigenvalue weighted by atomic mass is 79.9. The molecule has 0 amide bonds. The predicted molar refractivity (Wildman–Crippen MR) is 72.9 cm³/mol. The Morgan fingerprint density at radius 1 is 1.59 bits per heavy atom. The first-order valence-electron chi connectivity index (χ1n) is 6.33. The van der Waals surface area contributed by atoms with Crippen molar-refractivity contribution in [3.8, 4) is 0 Å². The van der Waals surface area contributed by atoms with Gasteiger partial charge in [0.15, 0.2) is 0 Å². The molecule has 0 spiro atoms. The molecule has 2 heterocycles. The Morgan fingerprint density at radius 2 is 2.41 bits per heavy atom. The molecule has 1 saturated heterocycles. The molecule has 1 fully saturated rings. The lowest BCUT2D eigenvalue weighted by Crippen LogP contribution is -2.30. The van der Waals surface area contributed by atoms with Crippen LogP contribution in [0.25, 0.3) is 0 Å². The van der Waals surface area contributed by atoms with Gasteiger partial charge in [-0.3, -0.25) is 0 Å². The van der Waals surface area contributed by atoms with Crippen molar-refractivity contribution in [2.75, 3.05) is 19.6 Å². The van der Waals surface area contributed by atoms with Crippen LogP contribution in [-0.4, -0.2) is 30.6 Å². The minimum absolute atomic E-state index is 0.680. The molecule has 1 aliphatic rings. The van der Waals surface area contributed by atoms with Gasteiger partial charge in [0.2, 0.25) is 0 Å². The smallest absolute Gasteiger partial charge is 0.131 e. The van der Waals surface area contributed by atoms with Gasteiger partial charge in [0, 0.05) is 12.6 Å². The maximum absolute atomic E-state index is 5.37. The van der Waals surface area contributed by atoms with E-state index < -0.39 is 0 Å². The Hall–Kier alpha value is -0.320. The van der Waals surface area contributed by atoms with Crippen molar-refractivity contribution in [1.82, 2.24) is 10.2 Å². The van der Waals surface area contributed by atoms with Gasteiger partial charge >= 0.3 is 0 Å². The van der Waals surface area contributed by atoms with E-state index in [9.17, 15) is 0 Å². The Labute approximate surface area is 112 Å². The van der Waals surface area contributed by atoms with E-state index in [2.05, 4.69) is 40.0 Å². The molecule has 0 aromatic carbocycles. The van der Waals surface area contributed by atoms with Crippen molar-refractivity contribution in [2.45, 2.75) is 32.9 Å². The molecule has 4 heteroatoms. The highest BCUT2D eigenvalue weighted by Crippen LogP contribution is 2.19. The fraction of sp³-hybridized carbons (Fsp3) is 0.692. The summed E-state index contributed by atoms with van der Waals surface area (Å²) >= 11 is 3.47. The van der Waals surface area contributed by atoms with Crippen molar-refractivity contribution < 1.29 is 4.42 Å². The van der Waals surface area contributed by atoms with Crippen LogP contribution in [0.15, 0.2) is 21.2 Å². The van der Waals surface area contributed by atoms with Crippen LogP contribution in [0.1, 0.15) is 26.0 Å². The molecule has 0 bridgehead atoms. The van der Waals surface area contributed by atoms with E-state index in [1.807, 2.05) is 6.07 Å². The van der Waals surface area contributed by atoms with Crippen molar-refractivity contribution >= 4 is 15.9 Å². The molecule has 17 heavy (non-hydrogen) atoms. The lowest BCUT2D eigenvalue weighted by atomic mass is 10.1.